The summed E-state index contributed by atoms with van der Waals surface area (Å²) >= 11 is 12.3. The van der Waals surface area contributed by atoms with Crippen LogP contribution in [0.2, 0.25) is 10.0 Å². The lowest BCUT2D eigenvalue weighted by Gasteiger charge is -2.16. The summed E-state index contributed by atoms with van der Waals surface area (Å²) in [6, 6.07) is 5.08. The molecule has 1 aromatic carbocycles. The summed E-state index contributed by atoms with van der Waals surface area (Å²) in [5, 5.41) is 7.56. The summed E-state index contributed by atoms with van der Waals surface area (Å²) in [5.41, 5.74) is 1.20. The molecule has 1 N–H and O–H groups in total. The van der Waals surface area contributed by atoms with Crippen LogP contribution >= 0.6 is 23.2 Å². The van der Waals surface area contributed by atoms with E-state index in [9.17, 15) is 4.79 Å². The molecule has 3 heterocycles. The van der Waals surface area contributed by atoms with E-state index in [2.05, 4.69) is 25.4 Å². The van der Waals surface area contributed by atoms with Crippen LogP contribution in [0.5, 0.6) is 0 Å². The fourth-order valence-electron chi connectivity index (χ4n) is 2.91. The molecular formula is C17H15Cl2N7O. The average molecular weight is 404 g/mol. The molecule has 0 unspecified atom stereocenters. The third-order valence-electron chi connectivity index (χ3n) is 4.21. The normalized spacial score (nSPS) is 13.8. The maximum Gasteiger partial charge on any atom is 0.276 e. The molecule has 0 radical (unpaired) electrons. The lowest BCUT2D eigenvalue weighted by atomic mass is 10.2. The second kappa shape index (κ2) is 7.50. The van der Waals surface area contributed by atoms with Crippen LogP contribution in [0.15, 0.2) is 37.1 Å². The van der Waals surface area contributed by atoms with Gasteiger partial charge in [0, 0.05) is 18.1 Å². The smallest absolute Gasteiger partial charge is 0.276 e. The zero-order chi connectivity index (χ0) is 18.8. The lowest BCUT2D eigenvalue weighted by Crippen LogP contribution is -2.23. The third kappa shape index (κ3) is 3.72. The van der Waals surface area contributed by atoms with Gasteiger partial charge in [-0.1, -0.05) is 23.2 Å². The highest BCUT2D eigenvalue weighted by Gasteiger charge is 2.20. The number of carbonyl (C=O) groups is 1. The van der Waals surface area contributed by atoms with Crippen LogP contribution in [-0.4, -0.2) is 43.7 Å². The van der Waals surface area contributed by atoms with Crippen molar-refractivity contribution in [3.8, 4) is 5.69 Å². The van der Waals surface area contributed by atoms with Gasteiger partial charge >= 0.3 is 0 Å². The number of nitrogens with zero attached hydrogens (tertiary/aromatic N) is 6. The molecule has 8 nitrogen and oxygen atoms in total. The molecule has 3 aromatic rings. The Bertz CT molecular complexity index is 971. The second-order valence-corrected chi connectivity index (χ2v) is 6.86. The van der Waals surface area contributed by atoms with Crippen molar-refractivity contribution in [3.63, 3.8) is 0 Å². The molecule has 1 aliphatic rings. The summed E-state index contributed by atoms with van der Waals surface area (Å²) < 4.78 is 1.53. The van der Waals surface area contributed by atoms with Crippen molar-refractivity contribution >= 4 is 40.7 Å². The molecule has 27 heavy (non-hydrogen) atoms. The van der Waals surface area contributed by atoms with Crippen LogP contribution in [0.1, 0.15) is 23.3 Å². The summed E-state index contributed by atoms with van der Waals surface area (Å²) in [5.74, 6) is 0.0520. The summed E-state index contributed by atoms with van der Waals surface area (Å²) in [6.45, 7) is 1.74. The fourth-order valence-corrected chi connectivity index (χ4v) is 3.26. The minimum atomic E-state index is -0.452. The van der Waals surface area contributed by atoms with E-state index in [1.807, 2.05) is 4.90 Å². The van der Waals surface area contributed by atoms with Gasteiger partial charge in [-0.2, -0.15) is 5.10 Å². The van der Waals surface area contributed by atoms with E-state index < -0.39 is 5.91 Å². The lowest BCUT2D eigenvalue weighted by molar-refractivity contribution is 0.102. The van der Waals surface area contributed by atoms with Gasteiger partial charge in [0.2, 0.25) is 5.95 Å². The molecule has 0 atom stereocenters. The minimum Gasteiger partial charge on any atom is -0.341 e. The van der Waals surface area contributed by atoms with Crippen LogP contribution < -0.4 is 10.2 Å². The van der Waals surface area contributed by atoms with E-state index in [1.54, 1.807) is 18.2 Å². The Kier molecular flexibility index (Phi) is 4.91. The molecule has 0 spiro atoms. The zero-order valence-electron chi connectivity index (χ0n) is 14.1. The molecule has 0 aliphatic carbocycles. The van der Waals surface area contributed by atoms with Crippen LogP contribution in [0, 0.1) is 0 Å². The maximum absolute atomic E-state index is 12.8. The van der Waals surface area contributed by atoms with Gasteiger partial charge in [0.15, 0.2) is 5.69 Å². The SMILES string of the molecule is O=C(Nc1cc(Cl)ccc1-n1cncn1)c1nc(N2CCCC2)ncc1Cl. The average Bonchev–Trinajstić information content (AvgIpc) is 3.36. The van der Waals surface area contributed by atoms with Gasteiger partial charge in [0.25, 0.3) is 5.91 Å². The van der Waals surface area contributed by atoms with Gasteiger partial charge in [-0.05, 0) is 31.0 Å². The molecule has 138 valence electrons. The number of hydrogen-bond donors (Lipinski definition) is 1. The van der Waals surface area contributed by atoms with Crippen molar-refractivity contribution in [1.82, 2.24) is 24.7 Å². The van der Waals surface area contributed by atoms with Crippen molar-refractivity contribution in [3.05, 3.63) is 52.8 Å². The van der Waals surface area contributed by atoms with Crippen molar-refractivity contribution in [2.45, 2.75) is 12.8 Å². The van der Waals surface area contributed by atoms with E-state index in [0.717, 1.165) is 25.9 Å². The number of aromatic nitrogens is 5. The molecular weight excluding hydrogens is 389 g/mol. The predicted molar refractivity (Wildman–Crippen MR) is 103 cm³/mol. The van der Waals surface area contributed by atoms with Crippen molar-refractivity contribution in [2.75, 3.05) is 23.3 Å². The molecule has 2 aromatic heterocycles. The Morgan fingerprint density at radius 1 is 1.19 bits per heavy atom. The Labute approximate surface area is 165 Å². The first-order valence-electron chi connectivity index (χ1n) is 8.35. The van der Waals surface area contributed by atoms with E-state index in [4.69, 9.17) is 23.2 Å². The number of benzene rings is 1. The molecule has 4 rings (SSSR count). The number of carbonyl (C=O) groups excluding carboxylic acids is 1. The minimum absolute atomic E-state index is 0.109. The highest BCUT2D eigenvalue weighted by molar-refractivity contribution is 6.34. The Morgan fingerprint density at radius 3 is 2.74 bits per heavy atom. The van der Waals surface area contributed by atoms with Crippen LogP contribution in [0.25, 0.3) is 5.69 Å². The van der Waals surface area contributed by atoms with E-state index >= 15 is 0 Å². The van der Waals surface area contributed by atoms with Gasteiger partial charge in [-0.3, -0.25) is 4.79 Å². The van der Waals surface area contributed by atoms with Gasteiger partial charge < -0.3 is 10.2 Å². The van der Waals surface area contributed by atoms with Crippen LogP contribution in [0.4, 0.5) is 11.6 Å². The fraction of sp³-hybridized carbons (Fsp3) is 0.235. The van der Waals surface area contributed by atoms with Crippen LogP contribution in [-0.2, 0) is 0 Å². The predicted octanol–water partition coefficient (Wildman–Crippen LogP) is 3.22. The molecule has 1 saturated heterocycles. The number of anilines is 2. The quantitative estimate of drug-likeness (QED) is 0.719. The Morgan fingerprint density at radius 2 is 2.00 bits per heavy atom. The molecule has 1 fully saturated rings. The standard InChI is InChI=1S/C17H15Cl2N7O/c18-11-3-4-14(26-10-20-9-22-26)13(7-11)23-16(27)15-12(19)8-21-17(24-15)25-5-1-2-6-25/h3-4,7-10H,1-2,5-6H2,(H,23,27). The van der Waals surface area contributed by atoms with Gasteiger partial charge in [0.05, 0.1) is 22.6 Å². The number of nitrogens with one attached hydrogen (secondary N) is 1. The van der Waals surface area contributed by atoms with Gasteiger partial charge in [-0.25, -0.2) is 19.6 Å². The van der Waals surface area contributed by atoms with E-state index in [1.165, 1.54) is 23.5 Å². The zero-order valence-corrected chi connectivity index (χ0v) is 15.7. The Balaban J connectivity index is 1.65. The summed E-state index contributed by atoms with van der Waals surface area (Å²) in [7, 11) is 0. The first-order valence-corrected chi connectivity index (χ1v) is 9.11. The van der Waals surface area contributed by atoms with Gasteiger partial charge in [-0.15, -0.1) is 0 Å². The van der Waals surface area contributed by atoms with Crippen molar-refractivity contribution in [1.29, 1.82) is 0 Å². The molecule has 0 saturated carbocycles. The highest BCUT2D eigenvalue weighted by Crippen LogP contribution is 2.26. The topological polar surface area (TPSA) is 88.8 Å². The van der Waals surface area contributed by atoms with Gasteiger partial charge in [0.1, 0.15) is 12.7 Å². The molecule has 0 bridgehead atoms. The van der Waals surface area contributed by atoms with E-state index in [-0.39, 0.29) is 10.7 Å². The number of amides is 1. The monoisotopic (exact) mass is 403 g/mol. The first kappa shape index (κ1) is 17.7. The highest BCUT2D eigenvalue weighted by atomic mass is 35.5. The van der Waals surface area contributed by atoms with E-state index in [0.29, 0.717) is 22.3 Å². The molecule has 1 aliphatic heterocycles. The number of halogens is 2. The number of hydrogen-bond acceptors (Lipinski definition) is 6. The second-order valence-electron chi connectivity index (χ2n) is 6.02. The number of rotatable bonds is 4. The van der Waals surface area contributed by atoms with Crippen LogP contribution in [0.3, 0.4) is 0 Å². The largest absolute Gasteiger partial charge is 0.341 e. The Hall–Kier alpha value is -2.71. The third-order valence-corrected chi connectivity index (χ3v) is 4.72. The first-order chi connectivity index (χ1) is 13.1. The van der Waals surface area contributed by atoms with Crippen molar-refractivity contribution < 1.29 is 4.79 Å². The molecule has 1 amide bonds. The summed E-state index contributed by atoms with van der Waals surface area (Å²) in [6.07, 6.45) is 6.55. The molecule has 10 heteroatoms. The summed E-state index contributed by atoms with van der Waals surface area (Å²) in [4.78, 5) is 27.4. The van der Waals surface area contributed by atoms with Crippen molar-refractivity contribution in [2.24, 2.45) is 0 Å². The maximum atomic E-state index is 12.8.